The number of aryl methyl sites for hydroxylation is 1. The number of anilines is 1. The Morgan fingerprint density at radius 2 is 1.70 bits per heavy atom. The van der Waals surface area contributed by atoms with E-state index in [1.165, 1.54) is 23.5 Å². The van der Waals surface area contributed by atoms with Gasteiger partial charge in [-0.1, -0.05) is 25.4 Å². The molecule has 2 rings (SSSR count). The molecule has 0 aliphatic carbocycles. The Bertz CT molecular complexity index is 907. The molecule has 0 saturated carbocycles. The van der Waals surface area contributed by atoms with Gasteiger partial charge < -0.3 is 5.32 Å². The molecule has 0 radical (unpaired) electrons. The Hall–Kier alpha value is -2.05. The third-order valence-corrected chi connectivity index (χ3v) is 6.63. The molecule has 0 fully saturated rings. The van der Waals surface area contributed by atoms with Crippen molar-refractivity contribution in [1.82, 2.24) is 5.32 Å². The monoisotopic (exact) mass is 408 g/mol. The molecule has 1 amide bonds. The van der Waals surface area contributed by atoms with Gasteiger partial charge >= 0.3 is 0 Å². The second-order valence-corrected chi connectivity index (χ2v) is 8.82. The van der Waals surface area contributed by atoms with E-state index < -0.39 is 10.0 Å². The van der Waals surface area contributed by atoms with Crippen LogP contribution in [0.3, 0.4) is 0 Å². The first-order valence-electron chi connectivity index (χ1n) is 8.86. The van der Waals surface area contributed by atoms with E-state index in [0.717, 1.165) is 12.8 Å². The highest BCUT2D eigenvalue weighted by atomic mass is 35.5. The lowest BCUT2D eigenvalue weighted by Gasteiger charge is -2.22. The van der Waals surface area contributed by atoms with Crippen LogP contribution in [0.4, 0.5) is 5.69 Å². The minimum Gasteiger partial charge on any atom is -0.349 e. The average Bonchev–Trinajstić information content (AvgIpc) is 2.65. The van der Waals surface area contributed by atoms with Gasteiger partial charge in [0, 0.05) is 23.7 Å². The second-order valence-electron chi connectivity index (χ2n) is 6.41. The SMILES string of the molecule is CCC(CC)NC(=O)c1ccc(N(C)S(=O)(=O)c2ccc(Cl)cc2)c(C)c1. The van der Waals surface area contributed by atoms with Crippen LogP contribution in [0.15, 0.2) is 47.4 Å². The van der Waals surface area contributed by atoms with Gasteiger partial charge in [-0.2, -0.15) is 0 Å². The van der Waals surface area contributed by atoms with Gasteiger partial charge in [-0.15, -0.1) is 0 Å². The zero-order valence-electron chi connectivity index (χ0n) is 16.0. The summed E-state index contributed by atoms with van der Waals surface area (Å²) in [6.07, 6.45) is 1.72. The molecule has 0 atom stereocenters. The van der Waals surface area contributed by atoms with Crippen molar-refractivity contribution in [2.75, 3.05) is 11.4 Å². The van der Waals surface area contributed by atoms with Gasteiger partial charge in [0.15, 0.2) is 0 Å². The van der Waals surface area contributed by atoms with E-state index in [9.17, 15) is 13.2 Å². The molecular weight excluding hydrogens is 384 g/mol. The zero-order chi connectivity index (χ0) is 20.2. The molecule has 0 aliphatic heterocycles. The maximum absolute atomic E-state index is 12.8. The van der Waals surface area contributed by atoms with E-state index >= 15 is 0 Å². The average molecular weight is 409 g/mol. The molecule has 27 heavy (non-hydrogen) atoms. The van der Waals surface area contributed by atoms with Crippen LogP contribution in [0.5, 0.6) is 0 Å². The summed E-state index contributed by atoms with van der Waals surface area (Å²) in [5, 5.41) is 3.46. The van der Waals surface area contributed by atoms with Crippen LogP contribution >= 0.6 is 11.6 Å². The molecule has 0 heterocycles. The van der Waals surface area contributed by atoms with Crippen molar-refractivity contribution in [2.24, 2.45) is 0 Å². The fourth-order valence-corrected chi connectivity index (χ4v) is 4.19. The number of benzene rings is 2. The number of amides is 1. The van der Waals surface area contributed by atoms with Crippen molar-refractivity contribution >= 4 is 33.2 Å². The summed E-state index contributed by atoms with van der Waals surface area (Å²) in [5.74, 6) is -0.151. The zero-order valence-corrected chi connectivity index (χ0v) is 17.6. The lowest BCUT2D eigenvalue weighted by molar-refractivity contribution is 0.0935. The summed E-state index contributed by atoms with van der Waals surface area (Å²) in [6.45, 7) is 5.84. The third-order valence-electron chi connectivity index (χ3n) is 4.59. The van der Waals surface area contributed by atoms with Crippen LogP contribution in [0, 0.1) is 6.92 Å². The summed E-state index contributed by atoms with van der Waals surface area (Å²) < 4.78 is 26.9. The maximum Gasteiger partial charge on any atom is 0.264 e. The summed E-state index contributed by atoms with van der Waals surface area (Å²) in [5.41, 5.74) is 1.73. The fraction of sp³-hybridized carbons (Fsp3) is 0.350. The molecule has 2 aromatic carbocycles. The Balaban J connectivity index is 2.29. The summed E-state index contributed by atoms with van der Waals surface area (Å²) in [7, 11) is -2.22. The first-order chi connectivity index (χ1) is 12.7. The maximum atomic E-state index is 12.8. The molecule has 0 saturated heterocycles. The topological polar surface area (TPSA) is 66.5 Å². The first kappa shape index (κ1) is 21.3. The Morgan fingerprint density at radius 3 is 2.22 bits per heavy atom. The van der Waals surface area contributed by atoms with Crippen LogP contribution in [0.25, 0.3) is 0 Å². The Labute approximate surface area is 166 Å². The minimum absolute atomic E-state index is 0.130. The normalized spacial score (nSPS) is 11.5. The Morgan fingerprint density at radius 1 is 1.11 bits per heavy atom. The van der Waals surface area contributed by atoms with Gasteiger partial charge in [-0.05, 0) is 67.8 Å². The van der Waals surface area contributed by atoms with Gasteiger partial charge in [-0.3, -0.25) is 9.10 Å². The second kappa shape index (κ2) is 8.76. The lowest BCUT2D eigenvalue weighted by atomic mass is 10.1. The van der Waals surface area contributed by atoms with E-state index in [1.807, 2.05) is 13.8 Å². The van der Waals surface area contributed by atoms with Crippen LogP contribution in [0.2, 0.25) is 5.02 Å². The number of rotatable bonds is 7. The van der Waals surface area contributed by atoms with Crippen molar-refractivity contribution in [2.45, 2.75) is 44.6 Å². The largest absolute Gasteiger partial charge is 0.349 e. The third kappa shape index (κ3) is 4.82. The molecule has 0 aliphatic rings. The number of hydrogen-bond acceptors (Lipinski definition) is 3. The van der Waals surface area contributed by atoms with Crippen molar-refractivity contribution in [3.63, 3.8) is 0 Å². The standard InChI is InChI=1S/C20H25ClN2O3S/c1-5-17(6-2)22-20(24)15-7-12-19(14(3)13-15)23(4)27(25,26)18-10-8-16(21)9-11-18/h7-13,17H,5-6H2,1-4H3,(H,22,24). The number of carbonyl (C=O) groups excluding carboxylic acids is 1. The molecule has 5 nitrogen and oxygen atoms in total. The lowest BCUT2D eigenvalue weighted by Crippen LogP contribution is -2.34. The number of nitrogens with one attached hydrogen (secondary N) is 1. The highest BCUT2D eigenvalue weighted by Crippen LogP contribution is 2.27. The number of sulfonamides is 1. The first-order valence-corrected chi connectivity index (χ1v) is 10.7. The number of halogens is 1. The van der Waals surface area contributed by atoms with Crippen LogP contribution in [-0.4, -0.2) is 27.4 Å². The smallest absolute Gasteiger partial charge is 0.264 e. The predicted octanol–water partition coefficient (Wildman–Crippen LogP) is 4.39. The quantitative estimate of drug-likeness (QED) is 0.738. The van der Waals surface area contributed by atoms with E-state index in [-0.39, 0.29) is 16.8 Å². The molecule has 0 bridgehead atoms. The van der Waals surface area contributed by atoms with Crippen LogP contribution in [0.1, 0.15) is 42.6 Å². The summed E-state index contributed by atoms with van der Waals surface area (Å²) in [4.78, 5) is 12.6. The van der Waals surface area contributed by atoms with Crippen molar-refractivity contribution in [3.8, 4) is 0 Å². The van der Waals surface area contributed by atoms with Gasteiger partial charge in [-0.25, -0.2) is 8.42 Å². The molecule has 1 N–H and O–H groups in total. The van der Waals surface area contributed by atoms with Crippen LogP contribution < -0.4 is 9.62 Å². The number of carbonyl (C=O) groups is 1. The van der Waals surface area contributed by atoms with Gasteiger partial charge in [0.25, 0.3) is 15.9 Å². The van der Waals surface area contributed by atoms with Crippen LogP contribution in [-0.2, 0) is 10.0 Å². The molecule has 0 unspecified atom stereocenters. The van der Waals surface area contributed by atoms with Crippen molar-refractivity contribution in [1.29, 1.82) is 0 Å². The van der Waals surface area contributed by atoms with Crippen molar-refractivity contribution < 1.29 is 13.2 Å². The highest BCUT2D eigenvalue weighted by molar-refractivity contribution is 7.92. The Kier molecular flexibility index (Phi) is 6.89. The number of nitrogens with zero attached hydrogens (tertiary/aromatic N) is 1. The fourth-order valence-electron chi connectivity index (χ4n) is 2.81. The van der Waals surface area contributed by atoms with Gasteiger partial charge in [0.05, 0.1) is 10.6 Å². The van der Waals surface area contributed by atoms with E-state index in [4.69, 9.17) is 11.6 Å². The molecule has 0 spiro atoms. The van der Waals surface area contributed by atoms with E-state index in [2.05, 4.69) is 5.32 Å². The minimum atomic E-state index is -3.72. The molecular formula is C20H25ClN2O3S. The van der Waals surface area contributed by atoms with Crippen molar-refractivity contribution in [3.05, 3.63) is 58.6 Å². The van der Waals surface area contributed by atoms with Gasteiger partial charge in [0.2, 0.25) is 0 Å². The van der Waals surface area contributed by atoms with E-state index in [1.54, 1.807) is 37.3 Å². The summed E-state index contributed by atoms with van der Waals surface area (Å²) >= 11 is 5.84. The molecule has 146 valence electrons. The molecule has 7 heteroatoms. The number of hydrogen-bond donors (Lipinski definition) is 1. The summed E-state index contributed by atoms with van der Waals surface area (Å²) in [6, 6.07) is 11.2. The predicted molar refractivity (Wildman–Crippen MR) is 110 cm³/mol. The highest BCUT2D eigenvalue weighted by Gasteiger charge is 2.23. The molecule has 2 aromatic rings. The molecule has 0 aromatic heterocycles. The van der Waals surface area contributed by atoms with E-state index in [0.29, 0.717) is 21.8 Å². The van der Waals surface area contributed by atoms with Gasteiger partial charge in [0.1, 0.15) is 0 Å².